The fourth-order valence-corrected chi connectivity index (χ4v) is 2.55. The molecular formula is C14H23N3O. The average Bonchev–Trinajstić information content (AvgIpc) is 2.68. The van der Waals surface area contributed by atoms with Crippen LogP contribution in [0.1, 0.15) is 37.1 Å². The number of carbonyl (C=O) groups is 1. The lowest BCUT2D eigenvalue weighted by atomic mass is 9.86. The maximum atomic E-state index is 12.0. The molecule has 0 bridgehead atoms. The van der Waals surface area contributed by atoms with Gasteiger partial charge in [-0.15, -0.1) is 0 Å². The summed E-state index contributed by atoms with van der Waals surface area (Å²) in [5.74, 6) is 0.340. The van der Waals surface area contributed by atoms with E-state index in [0.717, 1.165) is 31.4 Å². The van der Waals surface area contributed by atoms with Crippen molar-refractivity contribution in [3.63, 3.8) is 0 Å². The summed E-state index contributed by atoms with van der Waals surface area (Å²) >= 11 is 0. The molecule has 0 saturated heterocycles. The van der Waals surface area contributed by atoms with Gasteiger partial charge in [-0.05, 0) is 44.7 Å². The first-order valence-corrected chi connectivity index (χ1v) is 6.72. The summed E-state index contributed by atoms with van der Waals surface area (Å²) in [7, 11) is 2.02. The van der Waals surface area contributed by atoms with Crippen LogP contribution in [-0.2, 0) is 18.4 Å². The molecule has 0 spiro atoms. The third kappa shape index (κ3) is 2.93. The molecular weight excluding hydrogens is 226 g/mol. The molecule has 4 heteroatoms. The molecule has 1 aromatic rings. The number of hydrogen-bond donors (Lipinski definition) is 2. The zero-order chi connectivity index (χ0) is 13.1. The Labute approximate surface area is 109 Å². The second kappa shape index (κ2) is 5.57. The fourth-order valence-electron chi connectivity index (χ4n) is 2.55. The summed E-state index contributed by atoms with van der Waals surface area (Å²) < 4.78 is 2.11. The molecule has 0 unspecified atom stereocenters. The normalized spacial score (nSPS) is 23.9. The number of hydrogen-bond acceptors (Lipinski definition) is 2. The summed E-state index contributed by atoms with van der Waals surface area (Å²) in [6.07, 6.45) is 3.81. The van der Waals surface area contributed by atoms with Crippen molar-refractivity contribution in [3.05, 3.63) is 23.5 Å². The molecule has 0 atom stereocenters. The van der Waals surface area contributed by atoms with Crippen LogP contribution in [0.4, 0.5) is 0 Å². The van der Waals surface area contributed by atoms with E-state index in [4.69, 9.17) is 5.73 Å². The van der Waals surface area contributed by atoms with Gasteiger partial charge in [-0.25, -0.2) is 0 Å². The van der Waals surface area contributed by atoms with E-state index in [0.29, 0.717) is 12.6 Å². The highest BCUT2D eigenvalue weighted by Gasteiger charge is 2.24. The number of aromatic nitrogens is 1. The Hall–Kier alpha value is -1.29. The first-order valence-electron chi connectivity index (χ1n) is 6.72. The van der Waals surface area contributed by atoms with Gasteiger partial charge in [0.25, 0.3) is 0 Å². The van der Waals surface area contributed by atoms with E-state index in [1.54, 1.807) is 0 Å². The minimum absolute atomic E-state index is 0.158. The van der Waals surface area contributed by atoms with Gasteiger partial charge in [0, 0.05) is 30.4 Å². The quantitative estimate of drug-likeness (QED) is 0.852. The molecule has 1 fully saturated rings. The number of aryl methyl sites for hydroxylation is 1. The second-order valence-electron chi connectivity index (χ2n) is 5.35. The average molecular weight is 249 g/mol. The molecule has 1 amide bonds. The van der Waals surface area contributed by atoms with Gasteiger partial charge in [0.05, 0.1) is 6.54 Å². The van der Waals surface area contributed by atoms with Gasteiger partial charge in [-0.1, -0.05) is 0 Å². The molecule has 3 N–H and O–H groups in total. The predicted octanol–water partition coefficient (Wildman–Crippen LogP) is 1.47. The van der Waals surface area contributed by atoms with Gasteiger partial charge in [0.1, 0.15) is 0 Å². The standard InChI is InChI=1S/C14H23N3O/c1-10-3-8-13(17(10)2)9-16-14(18)11-4-6-12(15)7-5-11/h3,8,11-12H,4-7,9,15H2,1-2H3,(H,16,18). The van der Waals surface area contributed by atoms with Crippen LogP contribution in [0.5, 0.6) is 0 Å². The Bertz CT molecular complexity index is 417. The SMILES string of the molecule is Cc1ccc(CNC(=O)C2CCC(N)CC2)n1C. The van der Waals surface area contributed by atoms with Gasteiger partial charge in [0.2, 0.25) is 5.91 Å². The van der Waals surface area contributed by atoms with E-state index in [1.807, 2.05) is 7.05 Å². The molecule has 0 aliphatic heterocycles. The van der Waals surface area contributed by atoms with Crippen LogP contribution in [0.15, 0.2) is 12.1 Å². The molecule has 1 aliphatic carbocycles. The van der Waals surface area contributed by atoms with Crippen molar-refractivity contribution < 1.29 is 4.79 Å². The van der Waals surface area contributed by atoms with E-state index in [9.17, 15) is 4.79 Å². The number of nitrogens with zero attached hydrogens (tertiary/aromatic N) is 1. The maximum Gasteiger partial charge on any atom is 0.223 e. The number of nitrogens with one attached hydrogen (secondary N) is 1. The van der Waals surface area contributed by atoms with E-state index >= 15 is 0 Å². The first kappa shape index (κ1) is 13.1. The number of nitrogens with two attached hydrogens (primary N) is 1. The number of carbonyl (C=O) groups excluding carboxylic acids is 1. The van der Waals surface area contributed by atoms with Crippen LogP contribution in [0.2, 0.25) is 0 Å². The zero-order valence-electron chi connectivity index (χ0n) is 11.3. The Balaban J connectivity index is 1.83. The summed E-state index contributed by atoms with van der Waals surface area (Å²) in [6.45, 7) is 2.68. The molecule has 1 heterocycles. The molecule has 1 saturated carbocycles. The Morgan fingerprint density at radius 2 is 2.06 bits per heavy atom. The Morgan fingerprint density at radius 3 is 2.61 bits per heavy atom. The lowest BCUT2D eigenvalue weighted by Gasteiger charge is -2.25. The lowest BCUT2D eigenvalue weighted by molar-refractivity contribution is -0.126. The minimum atomic E-state index is 0.158. The van der Waals surface area contributed by atoms with Crippen molar-refractivity contribution in [2.24, 2.45) is 18.7 Å². The van der Waals surface area contributed by atoms with E-state index < -0.39 is 0 Å². The second-order valence-corrected chi connectivity index (χ2v) is 5.35. The highest BCUT2D eigenvalue weighted by Crippen LogP contribution is 2.23. The topological polar surface area (TPSA) is 60.1 Å². The highest BCUT2D eigenvalue weighted by molar-refractivity contribution is 5.78. The molecule has 1 aromatic heterocycles. The number of amides is 1. The fraction of sp³-hybridized carbons (Fsp3) is 0.643. The van der Waals surface area contributed by atoms with Crippen molar-refractivity contribution in [3.8, 4) is 0 Å². The third-order valence-electron chi connectivity index (χ3n) is 4.06. The molecule has 18 heavy (non-hydrogen) atoms. The molecule has 2 rings (SSSR count). The van der Waals surface area contributed by atoms with Crippen LogP contribution < -0.4 is 11.1 Å². The van der Waals surface area contributed by atoms with Crippen molar-refractivity contribution in [2.45, 2.75) is 45.2 Å². The van der Waals surface area contributed by atoms with Crippen LogP contribution in [-0.4, -0.2) is 16.5 Å². The van der Waals surface area contributed by atoms with Gasteiger partial charge in [-0.2, -0.15) is 0 Å². The largest absolute Gasteiger partial charge is 0.350 e. The van der Waals surface area contributed by atoms with Crippen molar-refractivity contribution in [1.29, 1.82) is 0 Å². The van der Waals surface area contributed by atoms with E-state index in [1.165, 1.54) is 5.69 Å². The molecule has 0 aromatic carbocycles. The molecule has 4 nitrogen and oxygen atoms in total. The first-order chi connectivity index (χ1) is 8.58. The van der Waals surface area contributed by atoms with Gasteiger partial charge < -0.3 is 15.6 Å². The number of rotatable bonds is 3. The minimum Gasteiger partial charge on any atom is -0.350 e. The van der Waals surface area contributed by atoms with Gasteiger partial charge in [-0.3, -0.25) is 4.79 Å². The summed E-state index contributed by atoms with van der Waals surface area (Å²) in [5, 5.41) is 3.04. The van der Waals surface area contributed by atoms with E-state index in [-0.39, 0.29) is 11.8 Å². The third-order valence-corrected chi connectivity index (χ3v) is 4.06. The van der Waals surface area contributed by atoms with Crippen molar-refractivity contribution in [1.82, 2.24) is 9.88 Å². The molecule has 1 aliphatic rings. The van der Waals surface area contributed by atoms with Gasteiger partial charge >= 0.3 is 0 Å². The Morgan fingerprint density at radius 1 is 1.39 bits per heavy atom. The van der Waals surface area contributed by atoms with Gasteiger partial charge in [0.15, 0.2) is 0 Å². The summed E-state index contributed by atoms with van der Waals surface area (Å²) in [4.78, 5) is 12.0. The summed E-state index contributed by atoms with van der Waals surface area (Å²) in [5.41, 5.74) is 8.21. The molecule has 100 valence electrons. The monoisotopic (exact) mass is 249 g/mol. The van der Waals surface area contributed by atoms with Crippen molar-refractivity contribution in [2.75, 3.05) is 0 Å². The zero-order valence-corrected chi connectivity index (χ0v) is 11.3. The highest BCUT2D eigenvalue weighted by atomic mass is 16.1. The van der Waals surface area contributed by atoms with Crippen LogP contribution in [0.3, 0.4) is 0 Å². The lowest BCUT2D eigenvalue weighted by Crippen LogP contribution is -2.36. The van der Waals surface area contributed by atoms with Crippen LogP contribution in [0.25, 0.3) is 0 Å². The Kier molecular flexibility index (Phi) is 4.07. The summed E-state index contributed by atoms with van der Waals surface area (Å²) in [6, 6.07) is 4.43. The van der Waals surface area contributed by atoms with Crippen molar-refractivity contribution >= 4 is 5.91 Å². The smallest absolute Gasteiger partial charge is 0.223 e. The van der Waals surface area contributed by atoms with Crippen LogP contribution >= 0.6 is 0 Å². The molecule has 0 radical (unpaired) electrons. The van der Waals surface area contributed by atoms with E-state index in [2.05, 4.69) is 28.9 Å². The van der Waals surface area contributed by atoms with Crippen LogP contribution in [0, 0.1) is 12.8 Å². The maximum absolute atomic E-state index is 12.0. The predicted molar refractivity (Wildman–Crippen MR) is 71.9 cm³/mol.